The fourth-order valence-corrected chi connectivity index (χ4v) is 1.95. The number of nitrogens with one attached hydrogen (secondary N) is 1. The Balaban J connectivity index is 2.31. The molecule has 6 heteroatoms. The van der Waals surface area contributed by atoms with Gasteiger partial charge in [0.15, 0.2) is 0 Å². The Morgan fingerprint density at radius 1 is 1.28 bits per heavy atom. The molecule has 1 saturated heterocycles. The van der Waals surface area contributed by atoms with Crippen LogP contribution in [0.4, 0.5) is 5.69 Å². The summed E-state index contributed by atoms with van der Waals surface area (Å²) in [6.45, 7) is 1.94. The average Bonchev–Trinajstić information content (AvgIpc) is 2.27. The largest absolute Gasteiger partial charge is 0.478 e. The van der Waals surface area contributed by atoms with E-state index in [0.29, 0.717) is 5.69 Å². The highest BCUT2D eigenvalue weighted by Gasteiger charge is 2.23. The number of amides is 2. The van der Waals surface area contributed by atoms with Crippen molar-refractivity contribution in [3.8, 4) is 0 Å². The number of piperazine rings is 1. The van der Waals surface area contributed by atoms with Gasteiger partial charge in [-0.05, 0) is 30.7 Å². The van der Waals surface area contributed by atoms with Crippen LogP contribution in [0.1, 0.15) is 15.9 Å². The summed E-state index contributed by atoms with van der Waals surface area (Å²) in [5.74, 6) is -1.71. The first-order chi connectivity index (χ1) is 8.47. The van der Waals surface area contributed by atoms with Gasteiger partial charge in [-0.1, -0.05) is 0 Å². The zero-order valence-corrected chi connectivity index (χ0v) is 9.77. The van der Waals surface area contributed by atoms with E-state index in [2.05, 4.69) is 5.32 Å². The second-order valence-corrected chi connectivity index (χ2v) is 4.13. The third-order valence-corrected chi connectivity index (χ3v) is 2.73. The summed E-state index contributed by atoms with van der Waals surface area (Å²) in [5.41, 5.74) is 1.60. The lowest BCUT2D eigenvalue weighted by atomic mass is 10.1. The molecule has 2 amide bonds. The van der Waals surface area contributed by atoms with Crippen LogP contribution in [0.25, 0.3) is 0 Å². The van der Waals surface area contributed by atoms with Crippen molar-refractivity contribution in [2.24, 2.45) is 0 Å². The molecule has 0 spiro atoms. The summed E-state index contributed by atoms with van der Waals surface area (Å²) in [7, 11) is 0. The Bertz CT molecular complexity index is 523. The minimum Gasteiger partial charge on any atom is -0.478 e. The maximum Gasteiger partial charge on any atom is 0.335 e. The minimum atomic E-state index is -1.00. The monoisotopic (exact) mass is 248 g/mol. The van der Waals surface area contributed by atoms with E-state index in [1.807, 2.05) is 0 Å². The number of aromatic carboxylic acids is 1. The van der Waals surface area contributed by atoms with Crippen molar-refractivity contribution in [3.63, 3.8) is 0 Å². The van der Waals surface area contributed by atoms with Crippen molar-refractivity contribution < 1.29 is 19.5 Å². The molecule has 0 atom stereocenters. The van der Waals surface area contributed by atoms with E-state index >= 15 is 0 Å². The van der Waals surface area contributed by atoms with Gasteiger partial charge in [0.25, 0.3) is 0 Å². The van der Waals surface area contributed by atoms with E-state index in [9.17, 15) is 14.4 Å². The summed E-state index contributed by atoms with van der Waals surface area (Å²) in [5, 5.41) is 11.1. The molecule has 1 heterocycles. The highest BCUT2D eigenvalue weighted by Crippen LogP contribution is 2.22. The summed E-state index contributed by atoms with van der Waals surface area (Å²) < 4.78 is 0. The third kappa shape index (κ3) is 2.32. The molecule has 0 aliphatic carbocycles. The number of aryl methyl sites for hydroxylation is 1. The number of carboxylic acids is 1. The number of nitrogens with zero attached hydrogens (tertiary/aromatic N) is 1. The highest BCUT2D eigenvalue weighted by molar-refractivity contribution is 6.03. The molecule has 6 nitrogen and oxygen atoms in total. The van der Waals surface area contributed by atoms with Crippen molar-refractivity contribution in [3.05, 3.63) is 29.3 Å². The van der Waals surface area contributed by atoms with Crippen LogP contribution < -0.4 is 10.2 Å². The highest BCUT2D eigenvalue weighted by atomic mass is 16.4. The van der Waals surface area contributed by atoms with Crippen molar-refractivity contribution in [2.75, 3.05) is 18.0 Å². The molecule has 1 aromatic rings. The van der Waals surface area contributed by atoms with E-state index in [4.69, 9.17) is 5.11 Å². The first-order valence-electron chi connectivity index (χ1n) is 5.39. The van der Waals surface area contributed by atoms with Gasteiger partial charge in [0.2, 0.25) is 11.8 Å². The molecule has 2 rings (SSSR count). The molecular weight excluding hydrogens is 236 g/mol. The summed E-state index contributed by atoms with van der Waals surface area (Å²) in [6.07, 6.45) is 0. The summed E-state index contributed by atoms with van der Waals surface area (Å²) in [4.78, 5) is 35.0. The summed E-state index contributed by atoms with van der Waals surface area (Å²) >= 11 is 0. The molecular formula is C12H12N2O4. The Labute approximate surface area is 103 Å². The lowest BCUT2D eigenvalue weighted by Crippen LogP contribution is -2.51. The molecule has 1 aliphatic rings. The van der Waals surface area contributed by atoms with Gasteiger partial charge in [-0.2, -0.15) is 0 Å². The van der Waals surface area contributed by atoms with Crippen LogP contribution >= 0.6 is 0 Å². The second kappa shape index (κ2) is 4.48. The average molecular weight is 248 g/mol. The van der Waals surface area contributed by atoms with Gasteiger partial charge in [0.05, 0.1) is 18.7 Å². The fraction of sp³-hybridized carbons (Fsp3) is 0.250. The van der Waals surface area contributed by atoms with Crippen molar-refractivity contribution in [1.82, 2.24) is 5.32 Å². The number of carbonyl (C=O) groups is 3. The number of imide groups is 1. The van der Waals surface area contributed by atoms with Crippen LogP contribution in [0.5, 0.6) is 0 Å². The van der Waals surface area contributed by atoms with Gasteiger partial charge >= 0.3 is 5.97 Å². The number of anilines is 1. The molecule has 0 aromatic heterocycles. The molecule has 0 radical (unpaired) electrons. The SMILES string of the molecule is Cc1cc(C(=O)O)ccc1N1CC(=O)NC(=O)C1. The smallest absolute Gasteiger partial charge is 0.335 e. The minimum absolute atomic E-state index is 0.0962. The molecule has 1 aromatic carbocycles. The van der Waals surface area contributed by atoms with Crippen molar-refractivity contribution in [1.29, 1.82) is 0 Å². The first-order valence-corrected chi connectivity index (χ1v) is 5.39. The molecule has 1 fully saturated rings. The lowest BCUT2D eigenvalue weighted by Gasteiger charge is -2.28. The van der Waals surface area contributed by atoms with Gasteiger partial charge in [-0.15, -0.1) is 0 Å². The number of benzene rings is 1. The Kier molecular flexibility index (Phi) is 3.01. The Morgan fingerprint density at radius 3 is 2.39 bits per heavy atom. The van der Waals surface area contributed by atoms with E-state index in [1.54, 1.807) is 17.9 Å². The molecule has 18 heavy (non-hydrogen) atoms. The van der Waals surface area contributed by atoms with Crippen molar-refractivity contribution in [2.45, 2.75) is 6.92 Å². The number of carbonyl (C=O) groups excluding carboxylic acids is 2. The fourth-order valence-electron chi connectivity index (χ4n) is 1.95. The van der Waals surface area contributed by atoms with Gasteiger partial charge in [0, 0.05) is 5.69 Å². The Morgan fingerprint density at radius 2 is 1.89 bits per heavy atom. The first kappa shape index (κ1) is 12.1. The molecule has 1 aliphatic heterocycles. The molecule has 94 valence electrons. The third-order valence-electron chi connectivity index (χ3n) is 2.73. The van der Waals surface area contributed by atoms with Crippen LogP contribution in [-0.4, -0.2) is 36.0 Å². The van der Waals surface area contributed by atoms with E-state index < -0.39 is 5.97 Å². The topological polar surface area (TPSA) is 86.7 Å². The molecule has 0 bridgehead atoms. The van der Waals surface area contributed by atoms with Gasteiger partial charge in [-0.25, -0.2) is 4.79 Å². The van der Waals surface area contributed by atoms with Crippen LogP contribution in [0.3, 0.4) is 0 Å². The predicted octanol–water partition coefficient (Wildman–Crippen LogP) is 0.156. The number of rotatable bonds is 2. The number of carboxylic acid groups (broad SMARTS) is 1. The van der Waals surface area contributed by atoms with Gasteiger partial charge in [-0.3, -0.25) is 14.9 Å². The zero-order valence-electron chi connectivity index (χ0n) is 9.77. The van der Waals surface area contributed by atoms with E-state index in [-0.39, 0.29) is 30.5 Å². The Hall–Kier alpha value is -2.37. The van der Waals surface area contributed by atoms with E-state index in [1.165, 1.54) is 12.1 Å². The van der Waals surface area contributed by atoms with Gasteiger partial charge < -0.3 is 10.0 Å². The molecule has 0 unspecified atom stereocenters. The maximum atomic E-state index is 11.3. The molecule has 2 N–H and O–H groups in total. The number of hydrogen-bond acceptors (Lipinski definition) is 4. The van der Waals surface area contributed by atoms with Crippen LogP contribution in [-0.2, 0) is 9.59 Å². The zero-order chi connectivity index (χ0) is 13.3. The second-order valence-electron chi connectivity index (χ2n) is 4.13. The lowest BCUT2D eigenvalue weighted by molar-refractivity contribution is -0.130. The normalized spacial score (nSPS) is 15.5. The predicted molar refractivity (Wildman–Crippen MR) is 63.5 cm³/mol. The molecule has 0 saturated carbocycles. The number of hydrogen-bond donors (Lipinski definition) is 2. The quantitative estimate of drug-likeness (QED) is 0.728. The van der Waals surface area contributed by atoms with Crippen LogP contribution in [0.15, 0.2) is 18.2 Å². The summed E-state index contributed by atoms with van der Waals surface area (Å²) in [6, 6.07) is 4.60. The van der Waals surface area contributed by atoms with Crippen LogP contribution in [0.2, 0.25) is 0 Å². The van der Waals surface area contributed by atoms with E-state index in [0.717, 1.165) is 5.56 Å². The van der Waals surface area contributed by atoms with Crippen molar-refractivity contribution >= 4 is 23.5 Å². The standard InChI is InChI=1S/C12H12N2O4/c1-7-4-8(12(17)18)2-3-9(7)14-5-10(15)13-11(16)6-14/h2-4H,5-6H2,1H3,(H,17,18)(H,13,15,16). The van der Waals surface area contributed by atoms with Crippen LogP contribution in [0, 0.1) is 6.92 Å². The van der Waals surface area contributed by atoms with Gasteiger partial charge in [0.1, 0.15) is 0 Å². The maximum absolute atomic E-state index is 11.3.